The molecule has 456 valence electrons. The molecule has 87 heavy (non-hydrogen) atoms. The minimum Gasteiger partial charge on any atom is -0.508 e. The first-order chi connectivity index (χ1) is 38.9. The minimum absolute atomic E-state index is 0. The van der Waals surface area contributed by atoms with Crippen LogP contribution in [0.4, 0.5) is 0 Å². The molecule has 0 unspecified atom stereocenters. The van der Waals surface area contributed by atoms with Crippen LogP contribution in [0.1, 0.15) is 135 Å². The predicted molar refractivity (Wildman–Crippen MR) is 344 cm³/mol. The zero-order chi connectivity index (χ0) is 58.4. The lowest BCUT2D eigenvalue weighted by molar-refractivity contribution is 0.0598. The van der Waals surface area contributed by atoms with Crippen LogP contribution < -0.4 is 18.9 Å². The molecule has 0 bridgehead atoms. The summed E-state index contributed by atoms with van der Waals surface area (Å²) < 4.78 is 26.0. The first-order valence-electron chi connectivity index (χ1n) is 24.7. The molecule has 0 spiro atoms. The Morgan fingerprint density at radius 3 is 0.828 bits per heavy atom. The monoisotopic (exact) mass is 1180 g/mol. The highest BCUT2D eigenvalue weighted by atomic mass is 16.5. The van der Waals surface area contributed by atoms with Crippen LogP contribution in [0.25, 0.3) is 22.3 Å². The van der Waals surface area contributed by atoms with Gasteiger partial charge >= 0.3 is 35.8 Å². The van der Waals surface area contributed by atoms with E-state index in [1.54, 1.807) is 104 Å². The molecule has 0 aliphatic carbocycles. The van der Waals surface area contributed by atoms with Crippen molar-refractivity contribution in [2.75, 3.05) is 14.2 Å². The van der Waals surface area contributed by atoms with Gasteiger partial charge in [-0.25, -0.2) is 28.8 Å². The van der Waals surface area contributed by atoms with E-state index in [1.165, 1.54) is 98.0 Å². The fourth-order valence-electron chi connectivity index (χ4n) is 7.12. The molecule has 0 heterocycles. The third-order valence-electron chi connectivity index (χ3n) is 11.7. The van der Waals surface area contributed by atoms with Crippen LogP contribution in [0.3, 0.4) is 0 Å². The standard InChI is InChI=1S/C36H26O9.C13H12O.C9H8O3.C8H8O2.6CH4/c1-41-29-15-11-28(12-16-29)36(40)44-31-19-9-24(10-20-31)23-7-17-30(18-8-23)43-34(38)26-3-5-27(6-4-26)35(39)45-32-21-13-25(14-22-32)33(37)42-2;1-10-2-4-11(5-3-10)12-6-8-13(14)9-7-12;1-6(10)7-2-4-8(5-3-7)9(11)12;1-6-2-4-7(5-3-6)8(9)10;;;;;;/h3-22H,1-2H3;2-9,14H,1H3;2-5H,1H3,(H,11,12);2-5H,1H3,(H,9,10);6*1H4. The normalized spacial score (nSPS) is 9.34. The largest absolute Gasteiger partial charge is 0.508 e. The average Bonchev–Trinajstić information content (AvgIpc) is 3.53. The predicted octanol–water partition coefficient (Wildman–Crippen LogP) is 17.3. The molecule has 9 rings (SSSR count). The highest BCUT2D eigenvalue weighted by molar-refractivity contribution is 5.97. The van der Waals surface area contributed by atoms with Gasteiger partial charge < -0.3 is 39.0 Å². The Hall–Kier alpha value is -10.9. The van der Waals surface area contributed by atoms with Crippen molar-refractivity contribution in [1.29, 1.82) is 0 Å². The Labute approximate surface area is 511 Å². The molecule has 15 nitrogen and oxygen atoms in total. The van der Waals surface area contributed by atoms with Gasteiger partial charge in [-0.05, 0) is 176 Å². The summed E-state index contributed by atoms with van der Waals surface area (Å²) in [6.07, 6.45) is 0. The van der Waals surface area contributed by atoms with Crippen LogP contribution in [-0.4, -0.2) is 71.1 Å². The summed E-state index contributed by atoms with van der Waals surface area (Å²) in [5.41, 5.74) is 8.65. The molecule has 0 amide bonds. The fraction of sp³-hybridized carbons (Fsp3) is 0.153. The first kappa shape index (κ1) is 76.1. The molecule has 9 aromatic carbocycles. The number of carbonyl (C=O) groups is 7. The second-order valence-corrected chi connectivity index (χ2v) is 17.6. The van der Waals surface area contributed by atoms with Gasteiger partial charge in [0, 0.05) is 5.56 Å². The summed E-state index contributed by atoms with van der Waals surface area (Å²) in [6.45, 7) is 5.43. The summed E-state index contributed by atoms with van der Waals surface area (Å²) in [6, 6.07) is 60.6. The summed E-state index contributed by atoms with van der Waals surface area (Å²) in [4.78, 5) is 80.6. The third kappa shape index (κ3) is 23.3. The number of carboxylic acid groups (broad SMARTS) is 2. The van der Waals surface area contributed by atoms with E-state index in [0.29, 0.717) is 45.3 Å². The van der Waals surface area contributed by atoms with Gasteiger partial charge in [0.1, 0.15) is 28.7 Å². The second-order valence-electron chi connectivity index (χ2n) is 17.6. The smallest absolute Gasteiger partial charge is 0.343 e. The van der Waals surface area contributed by atoms with Crippen LogP contribution in [0, 0.1) is 13.8 Å². The van der Waals surface area contributed by atoms with Crippen molar-refractivity contribution in [3.63, 3.8) is 0 Å². The number of aromatic hydroxyl groups is 1. The van der Waals surface area contributed by atoms with Gasteiger partial charge in [-0.2, -0.15) is 0 Å². The Bertz CT molecular complexity index is 3500. The van der Waals surface area contributed by atoms with Gasteiger partial charge in [-0.3, -0.25) is 4.79 Å². The number of phenolic OH excluding ortho intramolecular Hbond substituents is 1. The van der Waals surface area contributed by atoms with Crippen LogP contribution >= 0.6 is 0 Å². The quantitative estimate of drug-likeness (QED) is 0.0554. The number of ketones is 1. The lowest BCUT2D eigenvalue weighted by atomic mass is 10.0. The van der Waals surface area contributed by atoms with E-state index in [-0.39, 0.29) is 72.8 Å². The van der Waals surface area contributed by atoms with E-state index < -0.39 is 35.8 Å². The van der Waals surface area contributed by atoms with E-state index in [4.69, 9.17) is 34.3 Å². The minimum atomic E-state index is -0.981. The second kappa shape index (κ2) is 37.3. The number of aromatic carboxylic acids is 2. The van der Waals surface area contributed by atoms with Crippen molar-refractivity contribution in [3.05, 3.63) is 268 Å². The number of ether oxygens (including phenoxy) is 5. The Kier molecular flexibility index (Phi) is 32.6. The highest BCUT2D eigenvalue weighted by Crippen LogP contribution is 2.27. The molecule has 0 aliphatic heterocycles. The molecular formula is C72H78O15. The zero-order valence-electron chi connectivity index (χ0n) is 44.5. The fourth-order valence-corrected chi connectivity index (χ4v) is 7.12. The SMILES string of the molecule is C.C.C.C.C.C.CC(=O)c1ccc(C(=O)O)cc1.COC(=O)c1ccc(OC(=O)c2ccc(C(=O)Oc3ccc(-c4ccc(OC(=O)c5ccc(OC)cc5)cc4)cc3)cc2)cc1.Cc1ccc(-c2ccc(O)cc2)cc1.Cc1ccc(C(=O)O)cc1. The third-order valence-corrected chi connectivity index (χ3v) is 11.7. The number of hydrogen-bond acceptors (Lipinski definition) is 13. The van der Waals surface area contributed by atoms with Gasteiger partial charge in [-0.15, -0.1) is 0 Å². The maximum absolute atomic E-state index is 12.7. The van der Waals surface area contributed by atoms with Gasteiger partial charge in [0.2, 0.25) is 0 Å². The Morgan fingerprint density at radius 1 is 0.299 bits per heavy atom. The number of carbonyl (C=O) groups excluding carboxylic acids is 5. The Balaban J connectivity index is 0.00000143. The molecule has 0 aromatic heterocycles. The average molecular weight is 1180 g/mol. The van der Waals surface area contributed by atoms with Gasteiger partial charge in [-0.1, -0.05) is 141 Å². The van der Waals surface area contributed by atoms with Gasteiger partial charge in [0.05, 0.1) is 47.6 Å². The van der Waals surface area contributed by atoms with E-state index in [1.807, 2.05) is 31.2 Å². The molecule has 0 saturated heterocycles. The number of esters is 4. The van der Waals surface area contributed by atoms with Crippen LogP contribution in [0.2, 0.25) is 0 Å². The van der Waals surface area contributed by atoms with Gasteiger partial charge in [0.25, 0.3) is 0 Å². The van der Waals surface area contributed by atoms with Crippen molar-refractivity contribution >= 4 is 41.6 Å². The Morgan fingerprint density at radius 2 is 0.529 bits per heavy atom. The molecule has 0 fully saturated rings. The lowest BCUT2D eigenvalue weighted by Gasteiger charge is -2.08. The molecule has 3 N–H and O–H groups in total. The van der Waals surface area contributed by atoms with Crippen LogP contribution in [0.15, 0.2) is 218 Å². The van der Waals surface area contributed by atoms with Crippen molar-refractivity contribution in [3.8, 4) is 51.0 Å². The van der Waals surface area contributed by atoms with Crippen LogP contribution in [0.5, 0.6) is 28.7 Å². The van der Waals surface area contributed by atoms with E-state index in [0.717, 1.165) is 22.3 Å². The number of aryl methyl sites for hydroxylation is 2. The lowest BCUT2D eigenvalue weighted by Crippen LogP contribution is -2.11. The summed E-state index contributed by atoms with van der Waals surface area (Å²) >= 11 is 0. The number of Topliss-reactive ketones (excluding diaryl/α,β-unsaturated/α-hetero) is 1. The molecule has 0 aliphatic rings. The zero-order valence-corrected chi connectivity index (χ0v) is 44.5. The summed E-state index contributed by atoms with van der Waals surface area (Å²) in [5.74, 6) is -2.16. The first-order valence-corrected chi connectivity index (χ1v) is 24.7. The molecular weight excluding hydrogens is 1100 g/mol. The van der Waals surface area contributed by atoms with Gasteiger partial charge in [0.15, 0.2) is 5.78 Å². The van der Waals surface area contributed by atoms with E-state index in [2.05, 4.69) is 35.9 Å². The molecule has 15 heteroatoms. The molecule has 9 aromatic rings. The van der Waals surface area contributed by atoms with Crippen molar-refractivity contribution < 1.29 is 72.6 Å². The molecule has 0 atom stereocenters. The number of rotatable bonds is 13. The molecule has 0 saturated carbocycles. The van der Waals surface area contributed by atoms with E-state index in [9.17, 15) is 33.6 Å². The molecule has 0 radical (unpaired) electrons. The maximum atomic E-state index is 12.7. The highest BCUT2D eigenvalue weighted by Gasteiger charge is 2.15. The number of phenols is 1. The van der Waals surface area contributed by atoms with Crippen LogP contribution in [-0.2, 0) is 4.74 Å². The number of carboxylic acids is 2. The van der Waals surface area contributed by atoms with Crippen molar-refractivity contribution in [1.82, 2.24) is 0 Å². The van der Waals surface area contributed by atoms with Crippen molar-refractivity contribution in [2.45, 2.75) is 65.3 Å². The number of hydrogen-bond donors (Lipinski definition) is 3. The maximum Gasteiger partial charge on any atom is 0.343 e. The summed E-state index contributed by atoms with van der Waals surface area (Å²) in [5, 5.41) is 26.2. The summed E-state index contributed by atoms with van der Waals surface area (Å²) in [7, 11) is 2.83. The topological polar surface area (TPSA) is 226 Å². The van der Waals surface area contributed by atoms with E-state index >= 15 is 0 Å². The van der Waals surface area contributed by atoms with Crippen molar-refractivity contribution in [2.24, 2.45) is 0 Å². The number of benzene rings is 9. The number of methoxy groups -OCH3 is 2.